The number of nitrogens with zero attached hydrogens (tertiary/aromatic N) is 2. The summed E-state index contributed by atoms with van der Waals surface area (Å²) in [7, 11) is 0. The molecule has 2 aromatic heterocycles. The van der Waals surface area contributed by atoms with Gasteiger partial charge in [-0.2, -0.15) is 0 Å². The molecule has 1 amide bonds. The third-order valence-electron chi connectivity index (χ3n) is 3.83. The number of pyridine rings is 1. The molecule has 0 aliphatic heterocycles. The highest BCUT2D eigenvalue weighted by Gasteiger charge is 2.15. The Labute approximate surface area is 149 Å². The molecule has 7 heteroatoms. The van der Waals surface area contributed by atoms with E-state index in [1.807, 2.05) is 0 Å². The molecule has 1 aromatic carbocycles. The first kappa shape index (κ1) is 17.5. The molecule has 3 rings (SSSR count). The van der Waals surface area contributed by atoms with E-state index >= 15 is 0 Å². The van der Waals surface area contributed by atoms with Gasteiger partial charge < -0.3 is 10.3 Å². The fourth-order valence-electron chi connectivity index (χ4n) is 2.52. The number of hydrogen-bond acceptors (Lipinski definition) is 4. The molecular formula is C19H17FN4O2. The highest BCUT2D eigenvalue weighted by atomic mass is 19.1. The van der Waals surface area contributed by atoms with E-state index in [4.69, 9.17) is 0 Å². The molecule has 3 aromatic rings. The molecule has 0 saturated heterocycles. The van der Waals surface area contributed by atoms with Crippen LogP contribution in [0.5, 0.6) is 0 Å². The summed E-state index contributed by atoms with van der Waals surface area (Å²) in [4.78, 5) is 35.2. The van der Waals surface area contributed by atoms with Gasteiger partial charge >= 0.3 is 0 Å². The molecule has 0 spiro atoms. The van der Waals surface area contributed by atoms with Crippen molar-refractivity contribution in [3.63, 3.8) is 0 Å². The van der Waals surface area contributed by atoms with E-state index in [2.05, 4.69) is 20.3 Å². The number of amides is 1. The smallest absolute Gasteiger partial charge is 0.251 e. The maximum absolute atomic E-state index is 13.7. The molecule has 2 heterocycles. The number of H-pyrrole nitrogens is 1. The molecule has 2 N–H and O–H groups in total. The number of carbonyl (C=O) groups excluding carboxylic acids is 1. The van der Waals surface area contributed by atoms with E-state index in [1.54, 1.807) is 49.6 Å². The topological polar surface area (TPSA) is 87.7 Å². The number of nitrogens with one attached hydrogen (secondary N) is 2. The molecule has 1 unspecified atom stereocenters. The molecule has 1 atom stereocenters. The van der Waals surface area contributed by atoms with Gasteiger partial charge in [-0.05, 0) is 30.7 Å². The molecule has 26 heavy (non-hydrogen) atoms. The number of carbonyl (C=O) groups is 1. The van der Waals surface area contributed by atoms with Gasteiger partial charge in [0.25, 0.3) is 5.56 Å². The zero-order valence-corrected chi connectivity index (χ0v) is 14.1. The molecule has 0 radical (unpaired) electrons. The lowest BCUT2D eigenvalue weighted by molar-refractivity contribution is -0.121. The summed E-state index contributed by atoms with van der Waals surface area (Å²) >= 11 is 0. The van der Waals surface area contributed by atoms with E-state index < -0.39 is 11.9 Å². The molecule has 0 bridgehead atoms. The monoisotopic (exact) mass is 352 g/mol. The number of halogens is 1. The maximum Gasteiger partial charge on any atom is 0.251 e. The SMILES string of the molecule is CC(NC(=O)Cc1ccccc1F)c1cc(=O)[nH]c(-c2cccnc2)n1. The van der Waals surface area contributed by atoms with Crippen molar-refractivity contribution >= 4 is 5.91 Å². The van der Waals surface area contributed by atoms with Crippen molar-refractivity contribution in [1.29, 1.82) is 0 Å². The second kappa shape index (κ2) is 7.69. The average molecular weight is 352 g/mol. The number of aromatic nitrogens is 3. The lowest BCUT2D eigenvalue weighted by atomic mass is 10.1. The zero-order valence-electron chi connectivity index (χ0n) is 14.1. The maximum atomic E-state index is 13.7. The van der Waals surface area contributed by atoms with Gasteiger partial charge in [-0.15, -0.1) is 0 Å². The summed E-state index contributed by atoms with van der Waals surface area (Å²) in [5.74, 6) is -0.410. The first-order valence-electron chi connectivity index (χ1n) is 8.07. The van der Waals surface area contributed by atoms with Gasteiger partial charge in [0.05, 0.1) is 18.2 Å². The second-order valence-corrected chi connectivity index (χ2v) is 5.82. The Morgan fingerprint density at radius 1 is 1.27 bits per heavy atom. The Hall–Kier alpha value is -3.35. The van der Waals surface area contributed by atoms with E-state index in [0.29, 0.717) is 22.6 Å². The summed E-state index contributed by atoms with van der Waals surface area (Å²) in [5, 5.41) is 2.74. The number of benzene rings is 1. The summed E-state index contributed by atoms with van der Waals surface area (Å²) in [6.07, 6.45) is 3.12. The minimum absolute atomic E-state index is 0.0876. The first-order valence-corrected chi connectivity index (χ1v) is 8.07. The van der Waals surface area contributed by atoms with Crippen LogP contribution in [0.4, 0.5) is 4.39 Å². The molecule has 0 fully saturated rings. The molecule has 6 nitrogen and oxygen atoms in total. The third-order valence-corrected chi connectivity index (χ3v) is 3.83. The fourth-order valence-corrected chi connectivity index (χ4v) is 2.52. The summed E-state index contributed by atoms with van der Waals surface area (Å²) in [6.45, 7) is 1.72. The third kappa shape index (κ3) is 4.18. The van der Waals surface area contributed by atoms with Crippen molar-refractivity contribution in [3.8, 4) is 11.4 Å². The van der Waals surface area contributed by atoms with Gasteiger partial charge in [0.15, 0.2) is 0 Å². The van der Waals surface area contributed by atoms with E-state index in [1.165, 1.54) is 12.1 Å². The first-order chi connectivity index (χ1) is 12.5. The van der Waals surface area contributed by atoms with Crippen LogP contribution in [0.25, 0.3) is 11.4 Å². The van der Waals surface area contributed by atoms with Crippen LogP contribution in [-0.4, -0.2) is 20.9 Å². The number of aromatic amines is 1. The van der Waals surface area contributed by atoms with Crippen LogP contribution in [0.2, 0.25) is 0 Å². The lowest BCUT2D eigenvalue weighted by Gasteiger charge is -2.14. The zero-order chi connectivity index (χ0) is 18.5. The van der Waals surface area contributed by atoms with E-state index in [0.717, 1.165) is 0 Å². The highest BCUT2D eigenvalue weighted by Crippen LogP contribution is 2.15. The quantitative estimate of drug-likeness (QED) is 0.738. The fraction of sp³-hybridized carbons (Fsp3) is 0.158. The Kier molecular flexibility index (Phi) is 5.17. The van der Waals surface area contributed by atoms with Gasteiger partial charge in [-0.1, -0.05) is 18.2 Å². The minimum Gasteiger partial charge on any atom is -0.348 e. The number of hydrogen-bond donors (Lipinski definition) is 2. The van der Waals surface area contributed by atoms with Gasteiger partial charge in [0.1, 0.15) is 11.6 Å². The Bertz CT molecular complexity index is 973. The Morgan fingerprint density at radius 2 is 2.08 bits per heavy atom. The minimum atomic E-state index is -0.507. The Morgan fingerprint density at radius 3 is 2.81 bits per heavy atom. The van der Waals surface area contributed by atoms with Crippen LogP contribution in [0.15, 0.2) is 59.7 Å². The normalized spacial score (nSPS) is 11.8. The van der Waals surface area contributed by atoms with E-state index in [9.17, 15) is 14.0 Å². The van der Waals surface area contributed by atoms with Crippen molar-refractivity contribution in [1.82, 2.24) is 20.3 Å². The summed E-state index contributed by atoms with van der Waals surface area (Å²) in [5.41, 5.74) is 1.06. The molecule has 0 aliphatic rings. The average Bonchev–Trinajstić information content (AvgIpc) is 2.64. The van der Waals surface area contributed by atoms with Crippen molar-refractivity contribution in [2.75, 3.05) is 0 Å². The van der Waals surface area contributed by atoms with Gasteiger partial charge in [-0.25, -0.2) is 9.37 Å². The van der Waals surface area contributed by atoms with Crippen molar-refractivity contribution < 1.29 is 9.18 Å². The molecule has 0 saturated carbocycles. The van der Waals surface area contributed by atoms with E-state index in [-0.39, 0.29) is 17.9 Å². The van der Waals surface area contributed by atoms with Crippen molar-refractivity contribution in [2.45, 2.75) is 19.4 Å². The molecule has 0 aliphatic carbocycles. The second-order valence-electron chi connectivity index (χ2n) is 5.82. The predicted molar refractivity (Wildman–Crippen MR) is 94.8 cm³/mol. The Balaban J connectivity index is 1.76. The lowest BCUT2D eigenvalue weighted by Crippen LogP contribution is -2.30. The van der Waals surface area contributed by atoms with Crippen LogP contribution in [0.1, 0.15) is 24.2 Å². The van der Waals surface area contributed by atoms with Gasteiger partial charge in [-0.3, -0.25) is 14.6 Å². The van der Waals surface area contributed by atoms with Crippen LogP contribution >= 0.6 is 0 Å². The predicted octanol–water partition coefficient (Wildman–Crippen LogP) is 2.39. The summed E-state index contributed by atoms with van der Waals surface area (Å²) < 4.78 is 13.7. The largest absolute Gasteiger partial charge is 0.348 e. The van der Waals surface area contributed by atoms with Crippen molar-refractivity contribution in [2.24, 2.45) is 0 Å². The van der Waals surface area contributed by atoms with Crippen LogP contribution in [0, 0.1) is 5.82 Å². The highest BCUT2D eigenvalue weighted by molar-refractivity contribution is 5.79. The van der Waals surface area contributed by atoms with Crippen LogP contribution in [-0.2, 0) is 11.2 Å². The summed E-state index contributed by atoms with van der Waals surface area (Å²) in [6, 6.07) is 10.4. The van der Waals surface area contributed by atoms with Crippen molar-refractivity contribution in [3.05, 3.63) is 82.3 Å². The van der Waals surface area contributed by atoms with Gasteiger partial charge in [0, 0.05) is 24.0 Å². The molecule has 132 valence electrons. The molecular weight excluding hydrogens is 335 g/mol. The number of rotatable bonds is 5. The van der Waals surface area contributed by atoms with Crippen LogP contribution in [0.3, 0.4) is 0 Å². The van der Waals surface area contributed by atoms with Crippen LogP contribution < -0.4 is 10.9 Å². The standard InChI is InChI=1S/C19H17FN4O2/c1-12(22-17(25)9-13-5-2-3-7-15(13)20)16-10-18(26)24-19(23-16)14-6-4-8-21-11-14/h2-8,10-12H,9H2,1H3,(H,22,25)(H,23,24,26). The van der Waals surface area contributed by atoms with Gasteiger partial charge in [0.2, 0.25) is 5.91 Å².